The van der Waals surface area contributed by atoms with Crippen LogP contribution in [-0.2, 0) is 17.6 Å². The van der Waals surface area contributed by atoms with Crippen molar-refractivity contribution in [3.8, 4) is 6.07 Å². The molecule has 2 amide bonds. The Balaban J connectivity index is 1.22. The number of nitriles is 1. The van der Waals surface area contributed by atoms with Crippen molar-refractivity contribution in [2.45, 2.75) is 58.4 Å². The number of nitrogens with one attached hydrogen (secondary N) is 2. The Morgan fingerprint density at radius 1 is 1.22 bits per heavy atom. The zero-order valence-electron chi connectivity index (χ0n) is 18.7. The van der Waals surface area contributed by atoms with Crippen molar-refractivity contribution in [2.75, 3.05) is 25.0 Å². The molecule has 0 radical (unpaired) electrons. The zero-order valence-corrected chi connectivity index (χ0v) is 20.3. The van der Waals surface area contributed by atoms with Crippen LogP contribution < -0.4 is 10.6 Å². The van der Waals surface area contributed by atoms with Gasteiger partial charge in [-0.3, -0.25) is 9.59 Å². The lowest BCUT2D eigenvalue weighted by molar-refractivity contribution is -0.116. The van der Waals surface area contributed by atoms with E-state index in [2.05, 4.69) is 28.5 Å². The van der Waals surface area contributed by atoms with Gasteiger partial charge in [0.2, 0.25) is 5.91 Å². The second kappa shape index (κ2) is 10.2. The maximum atomic E-state index is 12.6. The molecule has 1 unspecified atom stereocenters. The molecule has 2 aliphatic rings. The normalized spacial score (nSPS) is 19.2. The average molecular weight is 471 g/mol. The highest BCUT2D eigenvalue weighted by Crippen LogP contribution is 2.39. The Morgan fingerprint density at radius 2 is 2.00 bits per heavy atom. The van der Waals surface area contributed by atoms with Crippen LogP contribution in [0.15, 0.2) is 12.1 Å². The number of hydrogen-bond donors (Lipinski definition) is 2. The number of fused-ring (bicyclic) bond motifs is 1. The van der Waals surface area contributed by atoms with Gasteiger partial charge in [-0.2, -0.15) is 5.26 Å². The van der Waals surface area contributed by atoms with Crippen LogP contribution in [0.2, 0.25) is 0 Å². The van der Waals surface area contributed by atoms with E-state index in [1.165, 1.54) is 16.2 Å². The molecule has 1 aliphatic heterocycles. The van der Waals surface area contributed by atoms with Gasteiger partial charge in [-0.25, -0.2) is 0 Å². The van der Waals surface area contributed by atoms with Crippen molar-refractivity contribution in [1.82, 2.24) is 10.2 Å². The Bertz CT molecular complexity index is 1030. The quantitative estimate of drug-likeness (QED) is 0.658. The summed E-state index contributed by atoms with van der Waals surface area (Å²) in [5, 5.41) is 16.5. The molecule has 0 aromatic carbocycles. The highest BCUT2D eigenvalue weighted by atomic mass is 32.1. The van der Waals surface area contributed by atoms with Crippen molar-refractivity contribution in [1.29, 1.82) is 5.26 Å². The van der Waals surface area contributed by atoms with Gasteiger partial charge < -0.3 is 15.5 Å². The minimum absolute atomic E-state index is 0.0160. The van der Waals surface area contributed by atoms with Crippen LogP contribution in [0.5, 0.6) is 0 Å². The van der Waals surface area contributed by atoms with E-state index in [1.807, 2.05) is 19.1 Å². The maximum absolute atomic E-state index is 12.6. The Hall–Kier alpha value is -2.21. The first-order valence-electron chi connectivity index (χ1n) is 11.4. The number of nitrogens with zero attached hydrogens (tertiary/aromatic N) is 2. The number of anilines is 1. The predicted molar refractivity (Wildman–Crippen MR) is 129 cm³/mol. The van der Waals surface area contributed by atoms with Crippen molar-refractivity contribution >= 4 is 39.5 Å². The van der Waals surface area contributed by atoms with E-state index < -0.39 is 0 Å². The molecule has 6 nitrogen and oxygen atoms in total. The molecule has 2 aromatic heterocycles. The minimum atomic E-state index is -0.0309. The molecule has 32 heavy (non-hydrogen) atoms. The summed E-state index contributed by atoms with van der Waals surface area (Å²) in [6.07, 6.45) is 5.24. The molecule has 1 saturated heterocycles. The Kier molecular flexibility index (Phi) is 7.29. The van der Waals surface area contributed by atoms with Gasteiger partial charge >= 0.3 is 0 Å². The molecule has 0 bridgehead atoms. The summed E-state index contributed by atoms with van der Waals surface area (Å²) < 4.78 is 0. The van der Waals surface area contributed by atoms with Gasteiger partial charge in [0.1, 0.15) is 11.1 Å². The highest BCUT2D eigenvalue weighted by molar-refractivity contribution is 7.16. The number of carbonyl (C=O) groups is 2. The number of rotatable bonds is 6. The molecular weight excluding hydrogens is 440 g/mol. The summed E-state index contributed by atoms with van der Waals surface area (Å²) in [5.41, 5.74) is 1.82. The van der Waals surface area contributed by atoms with Gasteiger partial charge in [0.15, 0.2) is 0 Å². The summed E-state index contributed by atoms with van der Waals surface area (Å²) in [6.45, 7) is 6.68. The lowest BCUT2D eigenvalue weighted by atomic mass is 9.89. The smallest absolute Gasteiger partial charge is 0.261 e. The highest BCUT2D eigenvalue weighted by Gasteiger charge is 2.25. The first-order chi connectivity index (χ1) is 15.4. The number of aryl methyl sites for hydroxylation is 1. The molecule has 0 spiro atoms. The standard InChI is InChI=1S/C24H30N4O2S2/c1-15-3-5-18-19(14-25)24(32-21(18)13-15)27-22(29)9-12-28-10-7-17(8-11-28)26-23(30)20-6-4-16(2)31-20/h4,6,15,17H,3,5,7-13H2,1-2H3,(H,26,30)(H,27,29). The second-order valence-electron chi connectivity index (χ2n) is 8.97. The monoisotopic (exact) mass is 470 g/mol. The molecule has 2 aromatic rings. The molecular formula is C24H30N4O2S2. The molecule has 0 saturated carbocycles. The number of carbonyl (C=O) groups excluding carboxylic acids is 2. The third-order valence-corrected chi connectivity index (χ3v) is 8.59. The molecule has 1 aliphatic carbocycles. The number of hydrogen-bond acceptors (Lipinski definition) is 6. The lowest BCUT2D eigenvalue weighted by Gasteiger charge is -2.32. The fourth-order valence-electron chi connectivity index (χ4n) is 4.52. The summed E-state index contributed by atoms with van der Waals surface area (Å²) >= 11 is 3.10. The van der Waals surface area contributed by atoms with E-state index in [1.54, 1.807) is 11.3 Å². The second-order valence-corrected chi connectivity index (χ2v) is 11.4. The van der Waals surface area contributed by atoms with Gasteiger partial charge in [0.25, 0.3) is 5.91 Å². The third-order valence-electron chi connectivity index (χ3n) is 6.42. The number of piperidine rings is 1. The first kappa shape index (κ1) is 23.0. The largest absolute Gasteiger partial charge is 0.349 e. The van der Waals surface area contributed by atoms with E-state index in [9.17, 15) is 14.9 Å². The van der Waals surface area contributed by atoms with Crippen molar-refractivity contribution in [3.05, 3.63) is 37.9 Å². The van der Waals surface area contributed by atoms with E-state index >= 15 is 0 Å². The summed E-state index contributed by atoms with van der Waals surface area (Å²) in [4.78, 5) is 30.4. The summed E-state index contributed by atoms with van der Waals surface area (Å²) in [6, 6.07) is 6.35. The molecule has 3 heterocycles. The summed E-state index contributed by atoms with van der Waals surface area (Å²) in [7, 11) is 0. The lowest BCUT2D eigenvalue weighted by Crippen LogP contribution is -2.45. The van der Waals surface area contributed by atoms with E-state index in [-0.39, 0.29) is 17.9 Å². The van der Waals surface area contributed by atoms with Gasteiger partial charge in [0.05, 0.1) is 10.4 Å². The molecule has 8 heteroatoms. The fourth-order valence-corrected chi connectivity index (χ4v) is 6.67. The Morgan fingerprint density at radius 3 is 2.69 bits per heavy atom. The van der Waals surface area contributed by atoms with Crippen LogP contribution in [0.25, 0.3) is 0 Å². The van der Waals surface area contributed by atoms with Gasteiger partial charge in [0, 0.05) is 41.9 Å². The molecule has 2 N–H and O–H groups in total. The van der Waals surface area contributed by atoms with Crippen LogP contribution in [0, 0.1) is 24.2 Å². The predicted octanol–water partition coefficient (Wildman–Crippen LogP) is 4.34. The maximum Gasteiger partial charge on any atom is 0.261 e. The van der Waals surface area contributed by atoms with Gasteiger partial charge in [-0.05, 0) is 62.6 Å². The van der Waals surface area contributed by atoms with Crippen molar-refractivity contribution in [3.63, 3.8) is 0 Å². The molecule has 170 valence electrons. The van der Waals surface area contributed by atoms with Crippen LogP contribution in [-0.4, -0.2) is 42.4 Å². The van der Waals surface area contributed by atoms with Crippen molar-refractivity contribution in [2.24, 2.45) is 5.92 Å². The van der Waals surface area contributed by atoms with Crippen LogP contribution in [0.4, 0.5) is 5.00 Å². The average Bonchev–Trinajstić information content (AvgIpc) is 3.35. The number of likely N-dealkylation sites (tertiary alicyclic amines) is 1. The van der Waals surface area contributed by atoms with Crippen LogP contribution >= 0.6 is 22.7 Å². The molecule has 1 fully saturated rings. The Labute approximate surface area is 197 Å². The summed E-state index contributed by atoms with van der Waals surface area (Å²) in [5.74, 6) is 0.622. The van der Waals surface area contributed by atoms with E-state index in [4.69, 9.17) is 0 Å². The van der Waals surface area contributed by atoms with Gasteiger partial charge in [-0.15, -0.1) is 22.7 Å². The zero-order chi connectivity index (χ0) is 22.7. The van der Waals surface area contributed by atoms with Gasteiger partial charge in [-0.1, -0.05) is 6.92 Å². The van der Waals surface area contributed by atoms with Crippen molar-refractivity contribution < 1.29 is 9.59 Å². The SMILES string of the molecule is Cc1ccc(C(=O)NC2CCN(CCC(=O)Nc3sc4c(c3C#N)CCC(C)C4)CC2)s1. The number of amides is 2. The molecule has 4 rings (SSSR count). The van der Waals surface area contributed by atoms with Crippen LogP contribution in [0.3, 0.4) is 0 Å². The topological polar surface area (TPSA) is 85.2 Å². The van der Waals surface area contributed by atoms with Crippen LogP contribution in [0.1, 0.15) is 63.2 Å². The third kappa shape index (κ3) is 5.40. The van der Waals surface area contributed by atoms with E-state index in [0.717, 1.165) is 65.5 Å². The molecule has 1 atom stereocenters. The number of thiophene rings is 2. The first-order valence-corrected chi connectivity index (χ1v) is 13.0. The fraction of sp³-hybridized carbons (Fsp3) is 0.542. The minimum Gasteiger partial charge on any atom is -0.349 e. The van der Waals surface area contributed by atoms with E-state index in [0.29, 0.717) is 24.4 Å².